The molecular weight excluding hydrogens is 449 g/mol. The fraction of sp³-hybridized carbons (Fsp3) is 0.381. The van der Waals surface area contributed by atoms with Crippen LogP contribution in [0.3, 0.4) is 0 Å². The number of hydrogen-bond donors (Lipinski definition) is 2. The molecule has 32 heavy (non-hydrogen) atoms. The lowest BCUT2D eigenvalue weighted by Gasteiger charge is -2.31. The minimum absolute atomic E-state index is 0.131. The maximum absolute atomic E-state index is 13.3. The predicted octanol–water partition coefficient (Wildman–Crippen LogP) is 4.02. The molecule has 2 aromatic rings. The van der Waals surface area contributed by atoms with E-state index < -0.39 is 32.6 Å². The number of nitrogens with zero attached hydrogens (tertiary/aromatic N) is 1. The Balaban J connectivity index is 2.10. The largest absolute Gasteiger partial charge is 0.495 e. The molecule has 0 aromatic heterocycles. The monoisotopic (exact) mass is 472 g/mol. The summed E-state index contributed by atoms with van der Waals surface area (Å²) in [6.07, 6.45) is -3.14. The van der Waals surface area contributed by atoms with Gasteiger partial charge >= 0.3 is 12.1 Å². The van der Waals surface area contributed by atoms with E-state index in [2.05, 4.69) is 4.72 Å². The van der Waals surface area contributed by atoms with Crippen LogP contribution in [0.25, 0.3) is 0 Å². The molecule has 1 saturated heterocycles. The molecule has 0 aliphatic carbocycles. The SMILES string of the molecule is COc1ccc(C(=O)O)cc1S(=O)(=O)Nc1cc(C(F)(F)F)ccc1C1CCCN(C)C1. The first-order chi connectivity index (χ1) is 14.9. The van der Waals surface area contributed by atoms with Crippen LogP contribution in [-0.4, -0.2) is 51.6 Å². The molecule has 1 aliphatic rings. The van der Waals surface area contributed by atoms with Gasteiger partial charge in [-0.25, -0.2) is 13.2 Å². The van der Waals surface area contributed by atoms with Crippen molar-refractivity contribution in [2.24, 2.45) is 0 Å². The zero-order valence-corrected chi connectivity index (χ0v) is 18.3. The van der Waals surface area contributed by atoms with Crippen molar-refractivity contribution in [3.8, 4) is 5.75 Å². The highest BCUT2D eigenvalue weighted by Gasteiger charge is 2.33. The summed E-state index contributed by atoms with van der Waals surface area (Å²) in [5.41, 5.74) is -1.04. The smallest absolute Gasteiger partial charge is 0.416 e. The van der Waals surface area contributed by atoms with Gasteiger partial charge in [-0.1, -0.05) is 6.07 Å². The minimum Gasteiger partial charge on any atom is -0.495 e. The number of piperidine rings is 1. The molecule has 0 radical (unpaired) electrons. The zero-order chi connectivity index (χ0) is 23.7. The molecule has 2 N–H and O–H groups in total. The summed E-state index contributed by atoms with van der Waals surface area (Å²) in [7, 11) is -1.37. The number of carbonyl (C=O) groups is 1. The summed E-state index contributed by atoms with van der Waals surface area (Å²) in [5, 5.41) is 9.21. The normalized spacial score (nSPS) is 17.7. The van der Waals surface area contributed by atoms with E-state index in [-0.39, 0.29) is 22.9 Å². The number of anilines is 1. The quantitative estimate of drug-likeness (QED) is 0.659. The number of likely N-dealkylation sites (tertiary alicyclic amines) is 1. The van der Waals surface area contributed by atoms with E-state index in [1.807, 2.05) is 11.9 Å². The average molecular weight is 472 g/mol. The maximum Gasteiger partial charge on any atom is 0.416 e. The molecule has 0 saturated carbocycles. The lowest BCUT2D eigenvalue weighted by molar-refractivity contribution is -0.137. The summed E-state index contributed by atoms with van der Waals surface area (Å²) in [5.74, 6) is -1.65. The van der Waals surface area contributed by atoms with Gasteiger partial charge in [0.25, 0.3) is 10.0 Å². The number of alkyl halides is 3. The second-order valence-electron chi connectivity index (χ2n) is 7.68. The van der Waals surface area contributed by atoms with Gasteiger partial charge in [0.1, 0.15) is 10.6 Å². The van der Waals surface area contributed by atoms with Crippen molar-refractivity contribution in [1.29, 1.82) is 0 Å². The molecule has 1 fully saturated rings. The number of hydrogen-bond acceptors (Lipinski definition) is 5. The fourth-order valence-electron chi connectivity index (χ4n) is 3.82. The molecule has 174 valence electrons. The number of halogens is 3. The second-order valence-corrected chi connectivity index (χ2v) is 9.33. The number of methoxy groups -OCH3 is 1. The molecule has 2 aromatic carbocycles. The van der Waals surface area contributed by atoms with Crippen LogP contribution in [0.15, 0.2) is 41.3 Å². The van der Waals surface area contributed by atoms with Gasteiger partial charge in [0.05, 0.1) is 23.9 Å². The highest BCUT2D eigenvalue weighted by molar-refractivity contribution is 7.92. The van der Waals surface area contributed by atoms with Crippen molar-refractivity contribution in [2.75, 3.05) is 32.0 Å². The van der Waals surface area contributed by atoms with Crippen molar-refractivity contribution in [3.63, 3.8) is 0 Å². The van der Waals surface area contributed by atoms with Crippen LogP contribution in [0, 0.1) is 0 Å². The molecule has 7 nitrogen and oxygen atoms in total. The van der Waals surface area contributed by atoms with Gasteiger partial charge in [0.2, 0.25) is 0 Å². The molecule has 1 aliphatic heterocycles. The van der Waals surface area contributed by atoms with Crippen molar-refractivity contribution in [1.82, 2.24) is 4.90 Å². The third-order valence-corrected chi connectivity index (χ3v) is 6.78. The van der Waals surface area contributed by atoms with Crippen LogP contribution in [0.5, 0.6) is 5.75 Å². The van der Waals surface area contributed by atoms with Gasteiger partial charge in [-0.15, -0.1) is 0 Å². The van der Waals surface area contributed by atoms with E-state index in [9.17, 15) is 31.5 Å². The highest BCUT2D eigenvalue weighted by atomic mass is 32.2. The van der Waals surface area contributed by atoms with E-state index >= 15 is 0 Å². The van der Waals surface area contributed by atoms with Gasteiger partial charge < -0.3 is 14.7 Å². The van der Waals surface area contributed by atoms with Crippen molar-refractivity contribution in [3.05, 3.63) is 53.1 Å². The number of benzene rings is 2. The third-order valence-electron chi connectivity index (χ3n) is 5.39. The van der Waals surface area contributed by atoms with Crippen LogP contribution in [0.2, 0.25) is 0 Å². The van der Waals surface area contributed by atoms with Gasteiger partial charge in [-0.3, -0.25) is 4.72 Å². The molecule has 1 unspecified atom stereocenters. The van der Waals surface area contributed by atoms with Crippen LogP contribution in [0.1, 0.15) is 40.2 Å². The van der Waals surface area contributed by atoms with E-state index in [0.717, 1.165) is 31.2 Å². The van der Waals surface area contributed by atoms with Crippen LogP contribution in [-0.2, 0) is 16.2 Å². The Labute approximate surface area is 183 Å². The third kappa shape index (κ3) is 5.16. The number of likely N-dealkylation sites (N-methyl/N-ethyl adjacent to an activating group) is 1. The molecule has 0 bridgehead atoms. The molecule has 11 heteroatoms. The van der Waals surface area contributed by atoms with Gasteiger partial charge in [0.15, 0.2) is 0 Å². The van der Waals surface area contributed by atoms with Gasteiger partial charge in [-0.05, 0) is 68.2 Å². The first-order valence-electron chi connectivity index (χ1n) is 9.76. The number of nitrogens with one attached hydrogen (secondary N) is 1. The number of carboxylic acid groups (broad SMARTS) is 1. The Morgan fingerprint density at radius 3 is 2.53 bits per heavy atom. The molecule has 3 rings (SSSR count). The molecule has 0 amide bonds. The molecule has 1 atom stereocenters. The van der Waals surface area contributed by atoms with Crippen LogP contribution < -0.4 is 9.46 Å². The zero-order valence-electron chi connectivity index (χ0n) is 17.4. The first kappa shape index (κ1) is 23.9. The number of sulfonamides is 1. The summed E-state index contributed by atoms with van der Waals surface area (Å²) >= 11 is 0. The topological polar surface area (TPSA) is 95.9 Å². The molecule has 0 spiro atoms. The standard InChI is InChI=1S/C21H23F3N2O5S/c1-26-9-3-4-14(12-26)16-7-6-15(21(22,23)24)11-17(16)25-32(29,30)19-10-13(20(27)28)5-8-18(19)31-2/h5-8,10-11,14,25H,3-4,9,12H2,1-2H3,(H,27,28). The van der Waals surface area contributed by atoms with Crippen molar-refractivity contribution in [2.45, 2.75) is 29.8 Å². The minimum atomic E-state index is -4.66. The molecular formula is C21H23F3N2O5S. The Kier molecular flexibility index (Phi) is 6.70. The Morgan fingerprint density at radius 1 is 1.22 bits per heavy atom. The van der Waals surface area contributed by atoms with Gasteiger partial charge in [0, 0.05) is 6.54 Å². The fourth-order valence-corrected chi connectivity index (χ4v) is 5.09. The lowest BCUT2D eigenvalue weighted by Crippen LogP contribution is -2.31. The molecule has 1 heterocycles. The van der Waals surface area contributed by atoms with E-state index in [0.29, 0.717) is 18.5 Å². The number of rotatable bonds is 6. The Bertz CT molecular complexity index is 1120. The van der Waals surface area contributed by atoms with E-state index in [4.69, 9.17) is 4.74 Å². The predicted molar refractivity (Wildman–Crippen MR) is 112 cm³/mol. The number of ether oxygens (including phenoxy) is 1. The number of carboxylic acids is 1. The lowest BCUT2D eigenvalue weighted by atomic mass is 9.89. The summed E-state index contributed by atoms with van der Waals surface area (Å²) in [6, 6.07) is 6.28. The summed E-state index contributed by atoms with van der Waals surface area (Å²) in [6.45, 7) is 1.41. The summed E-state index contributed by atoms with van der Waals surface area (Å²) < 4.78 is 73.6. The maximum atomic E-state index is 13.3. The van der Waals surface area contributed by atoms with Crippen LogP contribution >= 0.6 is 0 Å². The van der Waals surface area contributed by atoms with Crippen LogP contribution in [0.4, 0.5) is 18.9 Å². The second kappa shape index (κ2) is 8.99. The van der Waals surface area contributed by atoms with Crippen molar-refractivity contribution >= 4 is 21.7 Å². The van der Waals surface area contributed by atoms with E-state index in [1.165, 1.54) is 25.3 Å². The van der Waals surface area contributed by atoms with Crippen molar-refractivity contribution < 1.29 is 36.2 Å². The van der Waals surface area contributed by atoms with Gasteiger partial charge in [-0.2, -0.15) is 13.2 Å². The average Bonchev–Trinajstić information content (AvgIpc) is 2.72. The Hall–Kier alpha value is -2.79. The summed E-state index contributed by atoms with van der Waals surface area (Å²) in [4.78, 5) is 12.8. The highest BCUT2D eigenvalue weighted by Crippen LogP contribution is 2.38. The number of aromatic carboxylic acids is 1. The van der Waals surface area contributed by atoms with E-state index in [1.54, 1.807) is 0 Å². The first-order valence-corrected chi connectivity index (χ1v) is 11.2. The Morgan fingerprint density at radius 2 is 1.94 bits per heavy atom.